The Hall–Kier alpha value is -2.15. The Morgan fingerprint density at radius 3 is 2.09 bits per heavy atom. The molecule has 1 heteroatoms. The highest BCUT2D eigenvalue weighted by atomic mass is 14.9. The molecule has 0 fully saturated rings. The predicted octanol–water partition coefficient (Wildman–Crippen LogP) is 4.87. The van der Waals surface area contributed by atoms with Gasteiger partial charge in [-0.2, -0.15) is 0 Å². The maximum atomic E-state index is 2.33. The minimum atomic E-state index is 1.28. The van der Waals surface area contributed by atoms with Crippen molar-refractivity contribution in [3.63, 3.8) is 0 Å². The topological polar surface area (TPSA) is 3.88 Å². The summed E-state index contributed by atoms with van der Waals surface area (Å²) in [6.45, 7) is 10.9. The molecule has 2 aromatic carbocycles. The van der Waals surface area contributed by atoms with Crippen molar-refractivity contribution < 1.29 is 4.57 Å². The summed E-state index contributed by atoms with van der Waals surface area (Å²) in [5, 5.41) is 2.66. The van der Waals surface area contributed by atoms with Crippen molar-refractivity contribution >= 4 is 10.8 Å². The van der Waals surface area contributed by atoms with Crippen LogP contribution in [0.15, 0.2) is 36.5 Å². The molecule has 0 amide bonds. The summed E-state index contributed by atoms with van der Waals surface area (Å²) in [5.74, 6) is 0. The fourth-order valence-electron chi connectivity index (χ4n) is 3.39. The van der Waals surface area contributed by atoms with Gasteiger partial charge in [0.1, 0.15) is 7.05 Å². The van der Waals surface area contributed by atoms with Crippen LogP contribution in [0.2, 0.25) is 0 Å². The van der Waals surface area contributed by atoms with Crippen molar-refractivity contribution in [2.45, 2.75) is 34.6 Å². The third-order valence-corrected chi connectivity index (χ3v) is 4.65. The van der Waals surface area contributed by atoms with Gasteiger partial charge >= 0.3 is 0 Å². The van der Waals surface area contributed by atoms with E-state index in [1.165, 1.54) is 49.8 Å². The molecule has 22 heavy (non-hydrogen) atoms. The first kappa shape index (κ1) is 14.8. The normalized spacial score (nSPS) is 11.2. The summed E-state index contributed by atoms with van der Waals surface area (Å²) in [6.07, 6.45) is 2.26. The molecule has 1 heterocycles. The van der Waals surface area contributed by atoms with Gasteiger partial charge in [0.25, 0.3) is 0 Å². The molecule has 0 saturated carbocycles. The number of aromatic nitrogens is 1. The molecule has 0 aliphatic heterocycles. The van der Waals surface area contributed by atoms with E-state index < -0.39 is 0 Å². The maximum absolute atomic E-state index is 2.33. The van der Waals surface area contributed by atoms with Gasteiger partial charge in [-0.05, 0) is 62.8 Å². The number of hydrogen-bond acceptors (Lipinski definition) is 0. The number of fused-ring (bicyclic) bond motifs is 1. The summed E-state index contributed by atoms with van der Waals surface area (Å²) < 4.78 is 2.26. The van der Waals surface area contributed by atoms with Gasteiger partial charge in [-0.3, -0.25) is 0 Å². The molecule has 1 nitrogen and oxygen atoms in total. The van der Waals surface area contributed by atoms with E-state index in [4.69, 9.17) is 0 Å². The van der Waals surface area contributed by atoms with Gasteiger partial charge in [-0.1, -0.05) is 29.3 Å². The molecule has 0 saturated heterocycles. The molecule has 1 aromatic heterocycles. The molecule has 0 spiro atoms. The van der Waals surface area contributed by atoms with E-state index in [0.717, 1.165) is 0 Å². The quantitative estimate of drug-likeness (QED) is 0.563. The predicted molar refractivity (Wildman–Crippen MR) is 94.2 cm³/mol. The summed E-state index contributed by atoms with van der Waals surface area (Å²) in [7, 11) is 2.14. The van der Waals surface area contributed by atoms with E-state index in [1.54, 1.807) is 0 Å². The van der Waals surface area contributed by atoms with Gasteiger partial charge in [0, 0.05) is 17.0 Å². The highest BCUT2D eigenvalue weighted by molar-refractivity contribution is 5.87. The Morgan fingerprint density at radius 2 is 1.36 bits per heavy atom. The second-order valence-electron chi connectivity index (χ2n) is 6.61. The molecule has 0 aliphatic carbocycles. The van der Waals surface area contributed by atoms with E-state index in [9.17, 15) is 0 Å². The molecule has 0 unspecified atom stereocenters. The van der Waals surface area contributed by atoms with E-state index in [1.807, 2.05) is 0 Å². The lowest BCUT2D eigenvalue weighted by atomic mass is 9.95. The van der Waals surface area contributed by atoms with Crippen molar-refractivity contribution in [3.05, 3.63) is 64.3 Å². The van der Waals surface area contributed by atoms with E-state index >= 15 is 0 Å². The number of pyridine rings is 1. The Morgan fingerprint density at radius 1 is 0.727 bits per heavy atom. The van der Waals surface area contributed by atoms with Gasteiger partial charge < -0.3 is 0 Å². The van der Waals surface area contributed by atoms with Gasteiger partial charge in [0.15, 0.2) is 6.20 Å². The van der Waals surface area contributed by atoms with Gasteiger partial charge in [-0.25, -0.2) is 4.57 Å². The summed E-state index contributed by atoms with van der Waals surface area (Å²) in [6, 6.07) is 11.4. The first-order valence-corrected chi connectivity index (χ1v) is 7.85. The summed E-state index contributed by atoms with van der Waals surface area (Å²) in [4.78, 5) is 0. The molecule has 0 bridgehead atoms. The molecule has 0 atom stereocenters. The van der Waals surface area contributed by atoms with Crippen LogP contribution in [0, 0.1) is 34.6 Å². The van der Waals surface area contributed by atoms with E-state index in [0.29, 0.717) is 0 Å². The third-order valence-electron chi connectivity index (χ3n) is 4.65. The lowest BCUT2D eigenvalue weighted by Crippen LogP contribution is -2.30. The monoisotopic (exact) mass is 290 g/mol. The average molecular weight is 290 g/mol. The zero-order valence-corrected chi connectivity index (χ0v) is 14.4. The molecule has 3 rings (SSSR count). The average Bonchev–Trinajstić information content (AvgIpc) is 2.43. The summed E-state index contributed by atoms with van der Waals surface area (Å²) in [5.41, 5.74) is 9.32. The van der Waals surface area contributed by atoms with Crippen LogP contribution in [-0.2, 0) is 7.05 Å². The van der Waals surface area contributed by atoms with Crippen LogP contribution in [0.4, 0.5) is 0 Å². The van der Waals surface area contributed by atoms with Crippen molar-refractivity contribution in [1.82, 2.24) is 0 Å². The third kappa shape index (κ3) is 2.41. The van der Waals surface area contributed by atoms with Crippen molar-refractivity contribution in [1.29, 1.82) is 0 Å². The zero-order chi connectivity index (χ0) is 16.0. The minimum absolute atomic E-state index is 1.28. The van der Waals surface area contributed by atoms with Crippen molar-refractivity contribution in [3.8, 4) is 11.3 Å². The van der Waals surface area contributed by atoms with Gasteiger partial charge in [0.2, 0.25) is 5.69 Å². The molecular weight excluding hydrogens is 266 g/mol. The second-order valence-corrected chi connectivity index (χ2v) is 6.61. The highest BCUT2D eigenvalue weighted by Crippen LogP contribution is 2.28. The van der Waals surface area contributed by atoms with Gasteiger partial charge in [0.05, 0.1) is 0 Å². The fourth-order valence-corrected chi connectivity index (χ4v) is 3.39. The first-order chi connectivity index (χ1) is 10.4. The molecule has 0 radical (unpaired) electrons. The Kier molecular flexibility index (Phi) is 3.52. The molecule has 0 N–H and O–H groups in total. The number of aryl methyl sites for hydroxylation is 5. The van der Waals surface area contributed by atoms with E-state index in [2.05, 4.69) is 82.8 Å². The smallest absolute Gasteiger partial charge is 0.200 e. The number of nitrogens with zero attached hydrogens (tertiary/aromatic N) is 1. The fraction of sp³-hybridized carbons (Fsp3) is 0.286. The molecular formula is C21H24N+. The van der Waals surface area contributed by atoms with Crippen molar-refractivity contribution in [2.24, 2.45) is 7.05 Å². The van der Waals surface area contributed by atoms with Crippen LogP contribution < -0.4 is 4.57 Å². The number of rotatable bonds is 1. The number of hydrogen-bond donors (Lipinski definition) is 0. The zero-order valence-electron chi connectivity index (χ0n) is 14.4. The second kappa shape index (κ2) is 5.24. The largest absolute Gasteiger partial charge is 0.213 e. The van der Waals surface area contributed by atoms with Crippen LogP contribution in [-0.4, -0.2) is 0 Å². The lowest BCUT2D eigenvalue weighted by Gasteiger charge is -2.11. The molecule has 112 valence electrons. The SMILES string of the molecule is Cc1cc(C)c(C)c(-c2cc3cc(C)cc(C)c3c[n+]2C)c1. The van der Waals surface area contributed by atoms with Crippen LogP contribution in [0.5, 0.6) is 0 Å². The highest BCUT2D eigenvalue weighted by Gasteiger charge is 2.16. The van der Waals surface area contributed by atoms with E-state index in [-0.39, 0.29) is 0 Å². The molecule has 3 aromatic rings. The number of benzene rings is 2. The minimum Gasteiger partial charge on any atom is -0.200 e. The molecule has 0 aliphatic rings. The Balaban J connectivity index is 2.35. The summed E-state index contributed by atoms with van der Waals surface area (Å²) >= 11 is 0. The standard InChI is InChI=1S/C21H24N/c1-13-8-16(4)20-12-22(6)21(11-18(20)9-13)19-10-14(2)7-15(3)17(19)5/h7-12H,1-6H3/q+1. The van der Waals surface area contributed by atoms with Crippen molar-refractivity contribution in [2.75, 3.05) is 0 Å². The maximum Gasteiger partial charge on any atom is 0.213 e. The van der Waals surface area contributed by atoms with Crippen LogP contribution in [0.3, 0.4) is 0 Å². The Labute approximate surface area is 133 Å². The van der Waals surface area contributed by atoms with Crippen LogP contribution in [0.25, 0.3) is 22.0 Å². The first-order valence-electron chi connectivity index (χ1n) is 7.85. The van der Waals surface area contributed by atoms with Gasteiger partial charge in [-0.15, -0.1) is 0 Å². The Bertz CT molecular complexity index is 888. The van der Waals surface area contributed by atoms with Crippen LogP contribution in [0.1, 0.15) is 27.8 Å². The lowest BCUT2D eigenvalue weighted by molar-refractivity contribution is -0.659. The van der Waals surface area contributed by atoms with Crippen LogP contribution >= 0.6 is 0 Å².